The van der Waals surface area contributed by atoms with Crippen molar-refractivity contribution in [3.8, 4) is 0 Å². The molecule has 0 aliphatic carbocycles. The number of nitrogens with zero attached hydrogens (tertiary/aromatic N) is 1. The maximum atomic E-state index is 12.0. The second-order valence-electron chi connectivity index (χ2n) is 5.89. The highest BCUT2D eigenvalue weighted by molar-refractivity contribution is 7.26. The van der Waals surface area contributed by atoms with E-state index in [-0.39, 0.29) is 12.4 Å². The number of hydrogen-bond donors (Lipinski definition) is 0. The van der Waals surface area contributed by atoms with Crippen molar-refractivity contribution >= 4 is 34.3 Å². The number of benzene rings is 1. The molecule has 0 aliphatic rings. The van der Waals surface area contributed by atoms with Gasteiger partial charge in [0.15, 0.2) is 3.98 Å². The molecule has 5 heteroatoms. The predicted molar refractivity (Wildman–Crippen MR) is 97.3 cm³/mol. The summed E-state index contributed by atoms with van der Waals surface area (Å²) in [6.07, 6.45) is 2.28. The molecule has 2 aromatic rings. The van der Waals surface area contributed by atoms with Crippen LogP contribution < -0.4 is 3.98 Å². The van der Waals surface area contributed by atoms with Crippen molar-refractivity contribution in [2.45, 2.75) is 40.0 Å². The van der Waals surface area contributed by atoms with Gasteiger partial charge in [-0.3, -0.25) is 4.79 Å². The van der Waals surface area contributed by atoms with E-state index in [1.54, 1.807) is 22.7 Å². The van der Waals surface area contributed by atoms with Gasteiger partial charge < -0.3 is 4.74 Å². The molecule has 0 aliphatic heterocycles. The van der Waals surface area contributed by atoms with Crippen molar-refractivity contribution in [2.24, 2.45) is 10.9 Å². The van der Waals surface area contributed by atoms with Crippen molar-refractivity contribution in [3.05, 3.63) is 44.1 Å². The van der Waals surface area contributed by atoms with Crippen LogP contribution in [0.3, 0.4) is 0 Å². The van der Waals surface area contributed by atoms with E-state index < -0.39 is 0 Å². The van der Waals surface area contributed by atoms with Crippen molar-refractivity contribution in [3.63, 3.8) is 0 Å². The largest absolute Gasteiger partial charge is 0.465 e. The van der Waals surface area contributed by atoms with Gasteiger partial charge in [-0.2, -0.15) is 0 Å². The van der Waals surface area contributed by atoms with Gasteiger partial charge in [-0.05, 0) is 37.3 Å². The molecule has 0 saturated heterocycles. The lowest BCUT2D eigenvalue weighted by atomic mass is 10.1. The monoisotopic (exact) mass is 349 g/mol. The molecule has 23 heavy (non-hydrogen) atoms. The van der Waals surface area contributed by atoms with Crippen molar-refractivity contribution in [1.29, 1.82) is 0 Å². The van der Waals surface area contributed by atoms with Gasteiger partial charge in [0.05, 0.1) is 18.7 Å². The molecule has 0 N–H and O–H groups in total. The Hall–Kier alpha value is -1.46. The van der Waals surface area contributed by atoms with Crippen LogP contribution in [0, 0.1) is 12.8 Å². The highest BCUT2D eigenvalue weighted by Crippen LogP contribution is 2.20. The van der Waals surface area contributed by atoms with Gasteiger partial charge in [-0.25, -0.2) is 4.99 Å². The highest BCUT2D eigenvalue weighted by atomic mass is 32.2. The number of carbonyl (C=O) groups excluding carboxylic acids is 1. The Balaban J connectivity index is 1.99. The highest BCUT2D eigenvalue weighted by Gasteiger charge is 2.09. The Bertz CT molecular complexity index is 701. The van der Waals surface area contributed by atoms with Crippen LogP contribution in [0.2, 0.25) is 0 Å². The van der Waals surface area contributed by atoms with E-state index in [0.29, 0.717) is 12.5 Å². The van der Waals surface area contributed by atoms with E-state index in [1.807, 2.05) is 24.3 Å². The SMILES string of the molecule is Cc1csc(=Nc2ccccc2CC(=O)OCCCC(C)C)s1. The van der Waals surface area contributed by atoms with Gasteiger partial charge in [0.2, 0.25) is 0 Å². The van der Waals surface area contributed by atoms with Crippen LogP contribution in [0.5, 0.6) is 0 Å². The van der Waals surface area contributed by atoms with Crippen LogP contribution in [0.1, 0.15) is 37.1 Å². The van der Waals surface area contributed by atoms with Gasteiger partial charge >= 0.3 is 5.97 Å². The third-order valence-electron chi connectivity index (χ3n) is 3.30. The summed E-state index contributed by atoms with van der Waals surface area (Å²) in [7, 11) is 0. The summed E-state index contributed by atoms with van der Waals surface area (Å²) in [6.45, 7) is 6.92. The molecule has 0 amide bonds. The van der Waals surface area contributed by atoms with Gasteiger partial charge in [0, 0.05) is 10.3 Å². The molecular weight excluding hydrogens is 326 g/mol. The topological polar surface area (TPSA) is 38.7 Å². The minimum atomic E-state index is -0.178. The molecule has 0 saturated carbocycles. The number of aryl methyl sites for hydroxylation is 1. The molecule has 0 bridgehead atoms. The Morgan fingerprint density at radius 3 is 2.78 bits per heavy atom. The van der Waals surface area contributed by atoms with E-state index in [0.717, 1.165) is 28.1 Å². The summed E-state index contributed by atoms with van der Waals surface area (Å²) >= 11 is 3.29. The lowest BCUT2D eigenvalue weighted by Gasteiger charge is -2.07. The standard InChI is InChI=1S/C18H23NO2S2/c1-13(2)7-6-10-21-17(20)11-15-8-4-5-9-16(15)19-18-22-12-14(3)23-18/h4-5,8-9,12-13H,6-7,10-11H2,1-3H3. The normalized spacial score (nSPS) is 11.9. The Labute approximate surface area is 145 Å². The average Bonchev–Trinajstić information content (AvgIpc) is 2.91. The fraction of sp³-hybridized carbons (Fsp3) is 0.444. The first-order valence-corrected chi connectivity index (χ1v) is 9.57. The zero-order valence-corrected chi connectivity index (χ0v) is 15.5. The maximum absolute atomic E-state index is 12.0. The lowest BCUT2D eigenvalue weighted by molar-refractivity contribution is -0.143. The van der Waals surface area contributed by atoms with E-state index in [9.17, 15) is 4.79 Å². The predicted octanol–water partition coefficient (Wildman–Crippen LogP) is 4.87. The molecule has 0 radical (unpaired) electrons. The summed E-state index contributed by atoms with van der Waals surface area (Å²) in [5, 5.41) is 2.09. The molecule has 0 atom stereocenters. The van der Waals surface area contributed by atoms with Crippen LogP contribution in [0.15, 0.2) is 34.6 Å². The number of rotatable bonds is 7. The van der Waals surface area contributed by atoms with Crippen LogP contribution in [-0.2, 0) is 16.0 Å². The number of hydrogen-bond acceptors (Lipinski definition) is 5. The second kappa shape index (κ2) is 8.99. The first-order valence-electron chi connectivity index (χ1n) is 7.88. The number of para-hydroxylation sites is 1. The third kappa shape index (κ3) is 6.28. The summed E-state index contributed by atoms with van der Waals surface area (Å²) in [4.78, 5) is 17.9. The molecule has 3 nitrogen and oxygen atoms in total. The Morgan fingerprint density at radius 1 is 1.30 bits per heavy atom. The number of esters is 1. The summed E-state index contributed by atoms with van der Waals surface area (Å²) in [5.41, 5.74) is 1.77. The molecule has 124 valence electrons. The quantitative estimate of drug-likeness (QED) is 0.528. The zero-order valence-electron chi connectivity index (χ0n) is 13.9. The fourth-order valence-corrected chi connectivity index (χ4v) is 4.03. The van der Waals surface area contributed by atoms with Gasteiger partial charge in [-0.1, -0.05) is 32.0 Å². The molecule has 1 aromatic heterocycles. The average molecular weight is 350 g/mol. The van der Waals surface area contributed by atoms with Crippen molar-refractivity contribution < 1.29 is 9.53 Å². The first kappa shape index (κ1) is 17.9. The molecule has 1 heterocycles. The molecular formula is C18H23NO2S2. The van der Waals surface area contributed by atoms with Gasteiger partial charge in [-0.15, -0.1) is 22.7 Å². The fourth-order valence-electron chi connectivity index (χ4n) is 2.12. The van der Waals surface area contributed by atoms with Gasteiger partial charge in [0.25, 0.3) is 0 Å². The van der Waals surface area contributed by atoms with E-state index in [1.165, 1.54) is 4.88 Å². The summed E-state index contributed by atoms with van der Waals surface area (Å²) in [5.74, 6) is 0.464. The maximum Gasteiger partial charge on any atom is 0.310 e. The van der Waals surface area contributed by atoms with Gasteiger partial charge in [0.1, 0.15) is 0 Å². The molecule has 0 unspecified atom stereocenters. The molecule has 0 fully saturated rings. The first-order chi connectivity index (χ1) is 11.0. The number of ether oxygens (including phenoxy) is 1. The van der Waals surface area contributed by atoms with E-state index in [4.69, 9.17) is 4.74 Å². The molecule has 0 spiro atoms. The van der Waals surface area contributed by atoms with Crippen molar-refractivity contribution in [1.82, 2.24) is 0 Å². The molecule has 2 rings (SSSR count). The Kier molecular flexibility index (Phi) is 6.99. The minimum absolute atomic E-state index is 0.178. The Morgan fingerprint density at radius 2 is 2.09 bits per heavy atom. The van der Waals surface area contributed by atoms with Crippen LogP contribution in [0.4, 0.5) is 5.69 Å². The smallest absolute Gasteiger partial charge is 0.310 e. The van der Waals surface area contributed by atoms with Crippen LogP contribution >= 0.6 is 22.7 Å². The summed E-state index contributed by atoms with van der Waals surface area (Å²) < 4.78 is 6.33. The van der Waals surface area contributed by atoms with Crippen LogP contribution in [0.25, 0.3) is 0 Å². The summed E-state index contributed by atoms with van der Waals surface area (Å²) in [6, 6.07) is 7.77. The van der Waals surface area contributed by atoms with Crippen molar-refractivity contribution in [2.75, 3.05) is 6.61 Å². The minimum Gasteiger partial charge on any atom is -0.465 e. The van der Waals surface area contributed by atoms with Crippen LogP contribution in [-0.4, -0.2) is 12.6 Å². The molecule has 1 aromatic carbocycles. The zero-order chi connectivity index (χ0) is 16.7. The number of carbonyl (C=O) groups is 1. The van der Waals surface area contributed by atoms with E-state index in [2.05, 4.69) is 31.1 Å². The second-order valence-corrected chi connectivity index (χ2v) is 8.24. The lowest BCUT2D eigenvalue weighted by Crippen LogP contribution is -2.09. The van der Waals surface area contributed by atoms with E-state index >= 15 is 0 Å². The third-order valence-corrected chi connectivity index (χ3v) is 5.46.